The summed E-state index contributed by atoms with van der Waals surface area (Å²) < 4.78 is 10.3. The van der Waals surface area contributed by atoms with Crippen LogP contribution < -0.4 is 0 Å². The Morgan fingerprint density at radius 3 is 2.88 bits per heavy atom. The average Bonchev–Trinajstić information content (AvgIpc) is 2.83. The molecule has 0 saturated carbocycles. The Hall–Kier alpha value is -1.58. The van der Waals surface area contributed by atoms with Crippen molar-refractivity contribution in [2.75, 3.05) is 7.11 Å². The number of aliphatic hydroxyl groups is 1. The first kappa shape index (κ1) is 11.9. The molecule has 0 amide bonds. The second-order valence-corrected chi connectivity index (χ2v) is 3.98. The zero-order chi connectivity index (χ0) is 12.1. The number of hydrogen-bond donors (Lipinski definition) is 1. The lowest BCUT2D eigenvalue weighted by Crippen LogP contribution is -2.02. The van der Waals surface area contributed by atoms with Crippen molar-refractivity contribution in [2.45, 2.75) is 19.1 Å². The van der Waals surface area contributed by atoms with Crippen LogP contribution in [0.2, 0.25) is 0 Å². The lowest BCUT2D eigenvalue weighted by Gasteiger charge is -2.10. The molecule has 17 heavy (non-hydrogen) atoms. The highest BCUT2D eigenvalue weighted by Gasteiger charge is 2.10. The molecule has 0 fully saturated rings. The van der Waals surface area contributed by atoms with E-state index in [9.17, 15) is 5.11 Å². The molecule has 0 aliphatic heterocycles. The Balaban J connectivity index is 2.07. The minimum atomic E-state index is -0.544. The molecule has 0 radical (unpaired) electrons. The first-order valence-electron chi connectivity index (χ1n) is 5.58. The zero-order valence-electron chi connectivity index (χ0n) is 9.80. The summed E-state index contributed by atoms with van der Waals surface area (Å²) in [7, 11) is 1.66. The van der Waals surface area contributed by atoms with Crippen molar-refractivity contribution < 1.29 is 14.3 Å². The fraction of sp³-hybridized carbons (Fsp3) is 0.286. The van der Waals surface area contributed by atoms with Crippen LogP contribution in [0.1, 0.15) is 23.0 Å². The highest BCUT2D eigenvalue weighted by Crippen LogP contribution is 2.19. The topological polar surface area (TPSA) is 42.6 Å². The van der Waals surface area contributed by atoms with Crippen molar-refractivity contribution in [2.24, 2.45) is 0 Å². The third kappa shape index (κ3) is 3.19. The third-order valence-corrected chi connectivity index (χ3v) is 2.62. The van der Waals surface area contributed by atoms with Gasteiger partial charge < -0.3 is 14.3 Å². The summed E-state index contributed by atoms with van der Waals surface area (Å²) in [6.07, 6.45) is 1.56. The number of rotatable bonds is 5. The minimum absolute atomic E-state index is 0.490. The van der Waals surface area contributed by atoms with Crippen molar-refractivity contribution in [3.05, 3.63) is 59.5 Å². The van der Waals surface area contributed by atoms with E-state index in [0.29, 0.717) is 13.0 Å². The van der Waals surface area contributed by atoms with Crippen LogP contribution in [0, 0.1) is 0 Å². The van der Waals surface area contributed by atoms with Crippen molar-refractivity contribution in [1.82, 2.24) is 0 Å². The van der Waals surface area contributed by atoms with Crippen molar-refractivity contribution in [3.8, 4) is 0 Å². The van der Waals surface area contributed by atoms with Crippen LogP contribution in [0.3, 0.4) is 0 Å². The SMILES string of the molecule is COCc1cccc(C(O)Cc2ccco2)c1. The predicted octanol–water partition coefficient (Wildman–Crippen LogP) is 2.70. The Morgan fingerprint density at radius 2 is 2.18 bits per heavy atom. The molecular formula is C14H16O3. The molecule has 2 rings (SSSR count). The molecule has 0 saturated heterocycles. The second kappa shape index (κ2) is 5.66. The van der Waals surface area contributed by atoms with E-state index in [1.807, 2.05) is 36.4 Å². The van der Waals surface area contributed by atoms with Gasteiger partial charge in [-0.15, -0.1) is 0 Å². The normalized spacial score (nSPS) is 12.6. The van der Waals surface area contributed by atoms with Crippen molar-refractivity contribution >= 4 is 0 Å². The highest BCUT2D eigenvalue weighted by atomic mass is 16.5. The maximum Gasteiger partial charge on any atom is 0.106 e. The van der Waals surface area contributed by atoms with E-state index < -0.39 is 6.10 Å². The van der Waals surface area contributed by atoms with E-state index in [0.717, 1.165) is 16.9 Å². The largest absolute Gasteiger partial charge is 0.469 e. The molecule has 3 heteroatoms. The van der Waals surface area contributed by atoms with Gasteiger partial charge in [0, 0.05) is 13.5 Å². The summed E-state index contributed by atoms with van der Waals surface area (Å²) in [6.45, 7) is 0.557. The molecule has 3 nitrogen and oxygen atoms in total. The molecule has 1 unspecified atom stereocenters. The van der Waals surface area contributed by atoms with Crippen molar-refractivity contribution in [3.63, 3.8) is 0 Å². The Kier molecular flexibility index (Phi) is 3.96. The Bertz CT molecular complexity index is 448. The van der Waals surface area contributed by atoms with Gasteiger partial charge in [-0.2, -0.15) is 0 Å². The summed E-state index contributed by atoms with van der Waals surface area (Å²) in [4.78, 5) is 0. The van der Waals surface area contributed by atoms with Gasteiger partial charge in [-0.05, 0) is 23.3 Å². The number of hydrogen-bond acceptors (Lipinski definition) is 3. The molecule has 90 valence electrons. The first-order chi connectivity index (χ1) is 8.29. The van der Waals surface area contributed by atoms with Crippen LogP contribution in [0.5, 0.6) is 0 Å². The van der Waals surface area contributed by atoms with E-state index in [1.54, 1.807) is 13.4 Å². The molecule has 0 bridgehead atoms. The summed E-state index contributed by atoms with van der Waals surface area (Å²) >= 11 is 0. The van der Waals surface area contributed by atoms with Crippen LogP contribution in [0.4, 0.5) is 0 Å². The monoisotopic (exact) mass is 232 g/mol. The van der Waals surface area contributed by atoms with Gasteiger partial charge in [0.05, 0.1) is 19.0 Å². The Morgan fingerprint density at radius 1 is 1.29 bits per heavy atom. The van der Waals surface area contributed by atoms with Crippen LogP contribution in [-0.4, -0.2) is 12.2 Å². The summed E-state index contributed by atoms with van der Waals surface area (Å²) in [5.41, 5.74) is 1.94. The first-order valence-corrected chi connectivity index (χ1v) is 5.58. The van der Waals surface area contributed by atoms with Crippen LogP contribution in [0.15, 0.2) is 47.1 Å². The summed E-state index contributed by atoms with van der Waals surface area (Å²) in [5, 5.41) is 10.1. The van der Waals surface area contributed by atoms with Crippen molar-refractivity contribution in [1.29, 1.82) is 0 Å². The fourth-order valence-corrected chi connectivity index (χ4v) is 1.79. The number of furan rings is 1. The molecule has 1 N–H and O–H groups in total. The van der Waals surface area contributed by atoms with E-state index in [4.69, 9.17) is 9.15 Å². The molecule has 2 aromatic rings. The lowest BCUT2D eigenvalue weighted by atomic mass is 10.0. The number of benzene rings is 1. The van der Waals surface area contributed by atoms with Gasteiger partial charge in [-0.25, -0.2) is 0 Å². The standard InChI is InChI=1S/C14H16O3/c1-16-10-11-4-2-5-12(8-11)14(15)9-13-6-3-7-17-13/h2-8,14-15H,9-10H2,1H3. The quantitative estimate of drug-likeness (QED) is 0.861. The fourth-order valence-electron chi connectivity index (χ4n) is 1.79. The predicted molar refractivity (Wildman–Crippen MR) is 64.5 cm³/mol. The number of methoxy groups -OCH3 is 1. The number of ether oxygens (including phenoxy) is 1. The third-order valence-electron chi connectivity index (χ3n) is 2.62. The lowest BCUT2D eigenvalue weighted by molar-refractivity contribution is 0.168. The van der Waals surface area contributed by atoms with E-state index in [1.165, 1.54) is 0 Å². The van der Waals surface area contributed by atoms with Crippen LogP contribution >= 0.6 is 0 Å². The van der Waals surface area contributed by atoms with E-state index in [-0.39, 0.29) is 0 Å². The number of aliphatic hydroxyl groups excluding tert-OH is 1. The van der Waals surface area contributed by atoms with Crippen LogP contribution in [-0.2, 0) is 17.8 Å². The molecular weight excluding hydrogens is 216 g/mol. The second-order valence-electron chi connectivity index (χ2n) is 3.98. The van der Waals surface area contributed by atoms with Gasteiger partial charge >= 0.3 is 0 Å². The zero-order valence-corrected chi connectivity index (χ0v) is 9.80. The van der Waals surface area contributed by atoms with Gasteiger partial charge in [0.15, 0.2) is 0 Å². The van der Waals surface area contributed by atoms with E-state index in [2.05, 4.69) is 0 Å². The smallest absolute Gasteiger partial charge is 0.106 e. The molecule has 0 spiro atoms. The Labute approximate surface area is 101 Å². The maximum absolute atomic E-state index is 10.1. The van der Waals surface area contributed by atoms with E-state index >= 15 is 0 Å². The molecule has 1 aromatic carbocycles. The summed E-state index contributed by atoms with van der Waals surface area (Å²) in [5.74, 6) is 0.787. The highest BCUT2D eigenvalue weighted by molar-refractivity contribution is 5.25. The van der Waals surface area contributed by atoms with Gasteiger partial charge in [0.1, 0.15) is 5.76 Å². The van der Waals surface area contributed by atoms with Gasteiger partial charge in [-0.3, -0.25) is 0 Å². The van der Waals surface area contributed by atoms with Gasteiger partial charge in [0.2, 0.25) is 0 Å². The average molecular weight is 232 g/mol. The molecule has 0 aliphatic carbocycles. The minimum Gasteiger partial charge on any atom is -0.469 e. The van der Waals surface area contributed by atoms with Gasteiger partial charge in [-0.1, -0.05) is 24.3 Å². The maximum atomic E-state index is 10.1. The molecule has 0 aliphatic rings. The van der Waals surface area contributed by atoms with Crippen LogP contribution in [0.25, 0.3) is 0 Å². The molecule has 1 aromatic heterocycles. The molecule has 1 atom stereocenters. The molecule has 1 heterocycles. The summed E-state index contributed by atoms with van der Waals surface area (Å²) in [6, 6.07) is 11.5. The van der Waals surface area contributed by atoms with Gasteiger partial charge in [0.25, 0.3) is 0 Å².